The Morgan fingerprint density at radius 2 is 2.05 bits per heavy atom. The van der Waals surface area contributed by atoms with Crippen molar-refractivity contribution in [2.45, 2.75) is 26.8 Å². The molecule has 3 heterocycles. The maximum absolute atomic E-state index is 12.1. The van der Waals surface area contributed by atoms with Gasteiger partial charge in [0.15, 0.2) is 0 Å². The minimum atomic E-state index is 0.0344. The van der Waals surface area contributed by atoms with E-state index in [1.165, 1.54) is 5.56 Å². The van der Waals surface area contributed by atoms with Gasteiger partial charge in [-0.1, -0.05) is 13.8 Å². The van der Waals surface area contributed by atoms with Crippen LogP contribution in [-0.4, -0.2) is 53.6 Å². The molecule has 1 aromatic heterocycles. The summed E-state index contributed by atoms with van der Waals surface area (Å²) < 4.78 is 5.36. The highest BCUT2D eigenvalue weighted by Gasteiger charge is 2.25. The van der Waals surface area contributed by atoms with Crippen molar-refractivity contribution < 1.29 is 9.53 Å². The average Bonchev–Trinajstić information content (AvgIpc) is 2.53. The zero-order valence-electron chi connectivity index (χ0n) is 12.7. The molecular weight excluding hydrogens is 268 g/mol. The molecule has 0 unspecified atom stereocenters. The van der Waals surface area contributed by atoms with Crippen LogP contribution in [-0.2, 0) is 22.5 Å². The van der Waals surface area contributed by atoms with Gasteiger partial charge in [-0.15, -0.1) is 0 Å². The maximum atomic E-state index is 12.1. The van der Waals surface area contributed by atoms with E-state index in [-0.39, 0.29) is 11.8 Å². The molecule has 3 rings (SSSR count). The van der Waals surface area contributed by atoms with Crippen molar-refractivity contribution in [2.24, 2.45) is 5.92 Å². The van der Waals surface area contributed by atoms with Crippen LogP contribution >= 0.6 is 0 Å². The summed E-state index contributed by atoms with van der Waals surface area (Å²) >= 11 is 0. The molecule has 0 aliphatic carbocycles. The van der Waals surface area contributed by atoms with Crippen LogP contribution in [0.15, 0.2) is 6.20 Å². The highest BCUT2D eigenvalue weighted by Crippen LogP contribution is 2.20. The molecule has 2 aliphatic rings. The van der Waals surface area contributed by atoms with E-state index < -0.39 is 0 Å². The van der Waals surface area contributed by atoms with Crippen LogP contribution in [0.5, 0.6) is 0 Å². The first kappa shape index (κ1) is 14.3. The lowest BCUT2D eigenvalue weighted by molar-refractivity contribution is -0.135. The number of ether oxygens (including phenoxy) is 1. The maximum Gasteiger partial charge on any atom is 0.225 e. The van der Waals surface area contributed by atoms with Crippen molar-refractivity contribution in [3.05, 3.63) is 17.5 Å². The van der Waals surface area contributed by atoms with Crippen molar-refractivity contribution in [1.82, 2.24) is 14.9 Å². The Kier molecular flexibility index (Phi) is 4.05. The minimum absolute atomic E-state index is 0.0344. The van der Waals surface area contributed by atoms with Crippen LogP contribution in [0.4, 0.5) is 5.95 Å². The summed E-state index contributed by atoms with van der Waals surface area (Å²) in [6.07, 6.45) is 2.77. The quantitative estimate of drug-likeness (QED) is 0.808. The Labute approximate surface area is 125 Å². The van der Waals surface area contributed by atoms with Crippen molar-refractivity contribution >= 4 is 11.9 Å². The standard InChI is InChI=1S/C15H22N4O2/c1-11(2)14(20)19-4-3-12-9-16-15(17-13(12)10-19)18-5-7-21-8-6-18/h9,11H,3-8,10H2,1-2H3. The number of anilines is 1. The van der Waals surface area contributed by atoms with Crippen LogP contribution in [0.1, 0.15) is 25.1 Å². The highest BCUT2D eigenvalue weighted by molar-refractivity contribution is 5.78. The molecule has 114 valence electrons. The molecule has 1 amide bonds. The minimum Gasteiger partial charge on any atom is -0.378 e. The number of aromatic nitrogens is 2. The van der Waals surface area contributed by atoms with E-state index in [0.717, 1.165) is 50.9 Å². The van der Waals surface area contributed by atoms with E-state index in [1.54, 1.807) is 0 Å². The van der Waals surface area contributed by atoms with Gasteiger partial charge in [0.05, 0.1) is 25.5 Å². The van der Waals surface area contributed by atoms with E-state index >= 15 is 0 Å². The number of nitrogens with zero attached hydrogens (tertiary/aromatic N) is 4. The van der Waals surface area contributed by atoms with Gasteiger partial charge < -0.3 is 14.5 Å². The van der Waals surface area contributed by atoms with Gasteiger partial charge in [-0.05, 0) is 12.0 Å². The molecule has 0 spiro atoms. The van der Waals surface area contributed by atoms with Gasteiger partial charge in [0.1, 0.15) is 0 Å². The van der Waals surface area contributed by atoms with Gasteiger partial charge in [0.2, 0.25) is 11.9 Å². The first-order chi connectivity index (χ1) is 10.1. The third kappa shape index (κ3) is 3.00. The fourth-order valence-electron chi connectivity index (χ4n) is 2.76. The summed E-state index contributed by atoms with van der Waals surface area (Å²) in [6, 6.07) is 0. The number of hydrogen-bond acceptors (Lipinski definition) is 5. The van der Waals surface area contributed by atoms with Crippen LogP contribution in [0.25, 0.3) is 0 Å². The molecule has 0 saturated carbocycles. The smallest absolute Gasteiger partial charge is 0.225 e. The number of fused-ring (bicyclic) bond motifs is 1. The number of carbonyl (C=O) groups excluding carboxylic acids is 1. The van der Waals surface area contributed by atoms with Gasteiger partial charge in [-0.3, -0.25) is 4.79 Å². The monoisotopic (exact) mass is 290 g/mol. The molecule has 21 heavy (non-hydrogen) atoms. The number of amides is 1. The molecule has 0 bridgehead atoms. The molecule has 0 aromatic carbocycles. The first-order valence-electron chi connectivity index (χ1n) is 7.61. The summed E-state index contributed by atoms with van der Waals surface area (Å²) in [6.45, 7) is 8.35. The summed E-state index contributed by atoms with van der Waals surface area (Å²) in [5, 5.41) is 0. The lowest BCUT2D eigenvalue weighted by Crippen LogP contribution is -2.40. The predicted molar refractivity (Wildman–Crippen MR) is 79.0 cm³/mol. The van der Waals surface area contributed by atoms with Crippen LogP contribution in [0, 0.1) is 5.92 Å². The van der Waals surface area contributed by atoms with Gasteiger partial charge in [-0.25, -0.2) is 9.97 Å². The summed E-state index contributed by atoms with van der Waals surface area (Å²) in [5.41, 5.74) is 2.16. The Balaban J connectivity index is 1.78. The van der Waals surface area contributed by atoms with Crippen molar-refractivity contribution in [3.8, 4) is 0 Å². The van der Waals surface area contributed by atoms with E-state index in [4.69, 9.17) is 9.72 Å². The van der Waals surface area contributed by atoms with Gasteiger partial charge in [-0.2, -0.15) is 0 Å². The second kappa shape index (κ2) is 5.97. The largest absolute Gasteiger partial charge is 0.378 e. The highest BCUT2D eigenvalue weighted by atomic mass is 16.5. The predicted octanol–water partition coefficient (Wildman–Crippen LogP) is 0.854. The molecule has 6 heteroatoms. The van der Waals surface area contributed by atoms with E-state index in [9.17, 15) is 4.79 Å². The zero-order chi connectivity index (χ0) is 14.8. The second-order valence-electron chi connectivity index (χ2n) is 5.91. The van der Waals surface area contributed by atoms with Gasteiger partial charge in [0, 0.05) is 31.7 Å². The molecule has 6 nitrogen and oxygen atoms in total. The first-order valence-corrected chi connectivity index (χ1v) is 7.61. The molecule has 1 saturated heterocycles. The van der Waals surface area contributed by atoms with E-state index in [1.807, 2.05) is 24.9 Å². The van der Waals surface area contributed by atoms with Crippen molar-refractivity contribution in [2.75, 3.05) is 37.7 Å². The Morgan fingerprint density at radius 1 is 1.29 bits per heavy atom. The topological polar surface area (TPSA) is 58.6 Å². The van der Waals surface area contributed by atoms with Crippen LogP contribution in [0.2, 0.25) is 0 Å². The molecule has 1 fully saturated rings. The van der Waals surface area contributed by atoms with E-state index in [2.05, 4.69) is 9.88 Å². The van der Waals surface area contributed by atoms with Crippen molar-refractivity contribution in [1.29, 1.82) is 0 Å². The summed E-state index contributed by atoms with van der Waals surface area (Å²) in [7, 11) is 0. The SMILES string of the molecule is CC(C)C(=O)N1CCc2cnc(N3CCOCC3)nc2C1. The Hall–Kier alpha value is -1.69. The Morgan fingerprint density at radius 3 is 2.76 bits per heavy atom. The lowest BCUT2D eigenvalue weighted by atomic mass is 10.1. The van der Waals surface area contributed by atoms with Crippen molar-refractivity contribution in [3.63, 3.8) is 0 Å². The molecule has 0 radical (unpaired) electrons. The van der Waals surface area contributed by atoms with Gasteiger partial charge in [0.25, 0.3) is 0 Å². The molecule has 1 aromatic rings. The Bertz CT molecular complexity index is 526. The number of morpholine rings is 1. The summed E-state index contributed by atoms with van der Waals surface area (Å²) in [4.78, 5) is 25.4. The molecule has 0 atom stereocenters. The molecule has 0 N–H and O–H groups in total. The number of carbonyl (C=O) groups is 1. The molecular formula is C15H22N4O2. The third-order valence-corrected chi connectivity index (χ3v) is 4.03. The van der Waals surface area contributed by atoms with E-state index in [0.29, 0.717) is 6.54 Å². The number of rotatable bonds is 2. The fourth-order valence-corrected chi connectivity index (χ4v) is 2.76. The average molecular weight is 290 g/mol. The fraction of sp³-hybridized carbons (Fsp3) is 0.667. The molecule has 2 aliphatic heterocycles. The summed E-state index contributed by atoms with van der Waals surface area (Å²) in [5.74, 6) is 0.996. The zero-order valence-corrected chi connectivity index (χ0v) is 12.7. The van der Waals surface area contributed by atoms with Gasteiger partial charge >= 0.3 is 0 Å². The van der Waals surface area contributed by atoms with Crippen LogP contribution in [0.3, 0.4) is 0 Å². The normalized spacial score (nSPS) is 18.8. The lowest BCUT2D eigenvalue weighted by Gasteiger charge is -2.31. The third-order valence-electron chi connectivity index (χ3n) is 4.03. The second-order valence-corrected chi connectivity index (χ2v) is 5.91. The number of hydrogen-bond donors (Lipinski definition) is 0. The van der Waals surface area contributed by atoms with Crippen LogP contribution < -0.4 is 4.90 Å².